The highest BCUT2D eigenvalue weighted by molar-refractivity contribution is 5.98. The minimum absolute atomic E-state index is 0.00343. The molecule has 1 aliphatic rings. The van der Waals surface area contributed by atoms with Gasteiger partial charge in [0.2, 0.25) is 0 Å². The molecule has 0 radical (unpaired) electrons. The Hall–Kier alpha value is -4.08. The van der Waals surface area contributed by atoms with E-state index in [1.54, 1.807) is 65.8 Å². The molecule has 1 heterocycles. The van der Waals surface area contributed by atoms with Crippen LogP contribution in [0.2, 0.25) is 0 Å². The molecule has 0 spiro atoms. The first-order valence-corrected chi connectivity index (χ1v) is 12.8. The molecule has 2 atom stereocenters. The van der Waals surface area contributed by atoms with Crippen molar-refractivity contribution in [2.24, 2.45) is 0 Å². The standard InChI is InChI=1S/C29H37N3O7/c1-28(2,3)38-25(34)30-32(27(36)39-29(4,5)6)23(18-21-15-11-8-12-16-21)24(33)31-22(19-37-26(31)35)17-20-13-9-7-10-14-20/h7-16,22-23H,17-19H2,1-6H3,(H,30,34)/t22-,23+/m0/s1. The summed E-state index contributed by atoms with van der Waals surface area (Å²) in [7, 11) is 0. The molecule has 1 saturated heterocycles. The Labute approximate surface area is 229 Å². The van der Waals surface area contributed by atoms with Gasteiger partial charge in [0, 0.05) is 6.42 Å². The van der Waals surface area contributed by atoms with Gasteiger partial charge in [-0.3, -0.25) is 4.79 Å². The fraction of sp³-hybridized carbons (Fsp3) is 0.448. The number of hydrogen-bond acceptors (Lipinski definition) is 7. The number of ether oxygens (including phenoxy) is 3. The van der Waals surface area contributed by atoms with Crippen LogP contribution in [0.25, 0.3) is 0 Å². The highest BCUT2D eigenvalue weighted by Gasteiger charge is 2.45. The minimum atomic E-state index is -1.35. The molecule has 0 aromatic heterocycles. The van der Waals surface area contributed by atoms with Crippen LogP contribution in [-0.4, -0.2) is 64.0 Å². The van der Waals surface area contributed by atoms with E-state index in [4.69, 9.17) is 14.2 Å². The van der Waals surface area contributed by atoms with Crippen molar-refractivity contribution in [1.29, 1.82) is 0 Å². The molecule has 210 valence electrons. The molecule has 0 aliphatic carbocycles. The number of carbonyl (C=O) groups is 4. The van der Waals surface area contributed by atoms with E-state index in [-0.39, 0.29) is 13.0 Å². The second-order valence-electron chi connectivity index (χ2n) is 11.3. The Morgan fingerprint density at radius 2 is 1.46 bits per heavy atom. The fourth-order valence-corrected chi connectivity index (χ4v) is 4.02. The van der Waals surface area contributed by atoms with Crippen molar-refractivity contribution in [2.75, 3.05) is 6.61 Å². The Morgan fingerprint density at radius 1 is 0.923 bits per heavy atom. The second-order valence-corrected chi connectivity index (χ2v) is 11.3. The van der Waals surface area contributed by atoms with Crippen LogP contribution in [0.1, 0.15) is 52.7 Å². The van der Waals surface area contributed by atoms with Gasteiger partial charge in [-0.1, -0.05) is 60.7 Å². The largest absolute Gasteiger partial charge is 0.447 e. The molecule has 0 saturated carbocycles. The lowest BCUT2D eigenvalue weighted by molar-refractivity contribution is -0.136. The highest BCUT2D eigenvalue weighted by atomic mass is 16.6. The first-order valence-electron chi connectivity index (χ1n) is 12.8. The van der Waals surface area contributed by atoms with Gasteiger partial charge in [0.05, 0.1) is 6.04 Å². The van der Waals surface area contributed by atoms with Crippen LogP contribution in [0, 0.1) is 0 Å². The molecular weight excluding hydrogens is 502 g/mol. The van der Waals surface area contributed by atoms with Crippen LogP contribution in [0.4, 0.5) is 14.4 Å². The number of nitrogens with one attached hydrogen (secondary N) is 1. The summed E-state index contributed by atoms with van der Waals surface area (Å²) >= 11 is 0. The van der Waals surface area contributed by atoms with Crippen molar-refractivity contribution in [3.63, 3.8) is 0 Å². The molecule has 1 aliphatic heterocycles. The monoisotopic (exact) mass is 539 g/mol. The van der Waals surface area contributed by atoms with Gasteiger partial charge >= 0.3 is 18.3 Å². The maximum absolute atomic E-state index is 14.1. The van der Waals surface area contributed by atoms with Crippen molar-refractivity contribution in [1.82, 2.24) is 15.3 Å². The maximum atomic E-state index is 14.1. The van der Waals surface area contributed by atoms with Crippen molar-refractivity contribution in [3.8, 4) is 0 Å². The topological polar surface area (TPSA) is 114 Å². The number of hydrazine groups is 1. The Morgan fingerprint density at radius 3 is 2.00 bits per heavy atom. The van der Waals surface area contributed by atoms with Crippen LogP contribution in [0.15, 0.2) is 60.7 Å². The molecular formula is C29H37N3O7. The Balaban J connectivity index is 2.00. The molecule has 1 N–H and O–H groups in total. The zero-order valence-corrected chi connectivity index (χ0v) is 23.3. The number of benzene rings is 2. The molecule has 0 bridgehead atoms. The first-order chi connectivity index (χ1) is 18.2. The van der Waals surface area contributed by atoms with E-state index in [2.05, 4.69) is 5.43 Å². The van der Waals surface area contributed by atoms with Crippen molar-refractivity contribution < 1.29 is 33.4 Å². The molecule has 10 nitrogen and oxygen atoms in total. The van der Waals surface area contributed by atoms with Crippen molar-refractivity contribution in [2.45, 2.75) is 77.7 Å². The molecule has 10 heteroatoms. The number of rotatable bonds is 6. The zero-order chi connectivity index (χ0) is 28.8. The van der Waals surface area contributed by atoms with Gasteiger partial charge in [-0.15, -0.1) is 0 Å². The van der Waals surface area contributed by atoms with E-state index in [1.165, 1.54) is 0 Å². The third kappa shape index (κ3) is 8.73. The normalized spacial score (nSPS) is 16.2. The van der Waals surface area contributed by atoms with Gasteiger partial charge in [-0.05, 0) is 59.1 Å². The molecule has 2 aromatic rings. The fourth-order valence-electron chi connectivity index (χ4n) is 4.02. The number of hydrogen-bond donors (Lipinski definition) is 1. The summed E-state index contributed by atoms with van der Waals surface area (Å²) in [5, 5.41) is 0.805. The number of amides is 4. The molecule has 4 amide bonds. The lowest BCUT2D eigenvalue weighted by Crippen LogP contribution is -2.61. The van der Waals surface area contributed by atoms with Crippen LogP contribution in [0.3, 0.4) is 0 Å². The van der Waals surface area contributed by atoms with Crippen LogP contribution in [0.5, 0.6) is 0 Å². The smallest absolute Gasteiger partial charge is 0.430 e. The number of imide groups is 1. The van der Waals surface area contributed by atoms with Crippen LogP contribution >= 0.6 is 0 Å². The predicted octanol–water partition coefficient (Wildman–Crippen LogP) is 4.86. The number of carbonyl (C=O) groups excluding carboxylic acids is 4. The summed E-state index contributed by atoms with van der Waals surface area (Å²) in [6, 6.07) is 16.4. The molecule has 3 rings (SSSR count). The average Bonchev–Trinajstić information content (AvgIpc) is 3.19. The van der Waals surface area contributed by atoms with E-state index in [9.17, 15) is 19.2 Å². The summed E-state index contributed by atoms with van der Waals surface area (Å²) in [5.41, 5.74) is 2.20. The van der Waals surface area contributed by atoms with Crippen LogP contribution in [-0.2, 0) is 31.8 Å². The number of nitrogens with zero attached hydrogens (tertiary/aromatic N) is 2. The van der Waals surface area contributed by atoms with E-state index >= 15 is 0 Å². The SMILES string of the molecule is CC(C)(C)OC(=O)NN(C(=O)OC(C)(C)C)[C@H](Cc1ccccc1)C(=O)N1C(=O)OC[C@@H]1Cc1ccccc1. The van der Waals surface area contributed by atoms with E-state index in [1.807, 2.05) is 36.4 Å². The lowest BCUT2D eigenvalue weighted by Gasteiger charge is -2.35. The molecule has 1 fully saturated rings. The summed E-state index contributed by atoms with van der Waals surface area (Å²) in [6.07, 6.45) is -2.40. The van der Waals surface area contributed by atoms with Gasteiger partial charge < -0.3 is 14.2 Å². The van der Waals surface area contributed by atoms with Crippen molar-refractivity contribution in [3.05, 3.63) is 71.8 Å². The third-order valence-electron chi connectivity index (χ3n) is 5.58. The Bertz CT molecular complexity index is 1160. The highest BCUT2D eigenvalue weighted by Crippen LogP contribution is 2.23. The van der Waals surface area contributed by atoms with Crippen LogP contribution < -0.4 is 5.43 Å². The summed E-state index contributed by atoms with van der Waals surface area (Å²) in [4.78, 5) is 54.2. The quantitative estimate of drug-likeness (QED) is 0.412. The molecule has 2 aromatic carbocycles. The first kappa shape index (κ1) is 29.5. The van der Waals surface area contributed by atoms with Gasteiger partial charge in [-0.25, -0.2) is 29.7 Å². The van der Waals surface area contributed by atoms with Gasteiger partial charge in [0.1, 0.15) is 23.9 Å². The van der Waals surface area contributed by atoms with Gasteiger partial charge in [0.15, 0.2) is 0 Å². The van der Waals surface area contributed by atoms with E-state index in [0.717, 1.165) is 15.5 Å². The minimum Gasteiger partial charge on any atom is -0.447 e. The second kappa shape index (κ2) is 12.2. The van der Waals surface area contributed by atoms with E-state index < -0.39 is 47.5 Å². The maximum Gasteiger partial charge on any atom is 0.430 e. The number of cyclic esters (lactones) is 1. The average molecular weight is 540 g/mol. The van der Waals surface area contributed by atoms with Gasteiger partial charge in [0.25, 0.3) is 5.91 Å². The molecule has 0 unspecified atom stereocenters. The van der Waals surface area contributed by atoms with E-state index in [0.29, 0.717) is 12.0 Å². The molecule has 39 heavy (non-hydrogen) atoms. The summed E-state index contributed by atoms with van der Waals surface area (Å²) in [6.45, 7) is 10.0. The summed E-state index contributed by atoms with van der Waals surface area (Å²) in [5.74, 6) is -0.718. The lowest BCUT2D eigenvalue weighted by atomic mass is 10.0. The Kier molecular flexibility index (Phi) is 9.21. The summed E-state index contributed by atoms with van der Waals surface area (Å²) < 4.78 is 16.2. The third-order valence-corrected chi connectivity index (χ3v) is 5.58. The predicted molar refractivity (Wildman–Crippen MR) is 144 cm³/mol. The van der Waals surface area contributed by atoms with Gasteiger partial charge in [-0.2, -0.15) is 0 Å². The van der Waals surface area contributed by atoms with Crippen molar-refractivity contribution >= 4 is 24.2 Å². The zero-order valence-electron chi connectivity index (χ0n) is 23.3.